The van der Waals surface area contributed by atoms with Crippen LogP contribution in [0.4, 0.5) is 0 Å². The van der Waals surface area contributed by atoms with Crippen molar-refractivity contribution in [2.75, 3.05) is 19.5 Å². The first-order chi connectivity index (χ1) is 17.4. The Balaban J connectivity index is 4.89. The topological polar surface area (TPSA) is 82.1 Å². The SMILES string of the molecule is CCCCCCCCCCSC(CCCCCCCCC)C(C)OC(O)(C(=O)OC)[P+](=O)OCCC. The highest BCUT2D eigenvalue weighted by Gasteiger charge is 2.62. The number of aliphatic hydroxyl groups is 1. The number of hydrogen-bond acceptors (Lipinski definition) is 7. The van der Waals surface area contributed by atoms with Crippen LogP contribution in [0.3, 0.4) is 0 Å². The molecule has 0 radical (unpaired) electrons. The smallest absolute Gasteiger partial charge is 0.461 e. The third-order valence-corrected chi connectivity index (χ3v) is 9.18. The summed E-state index contributed by atoms with van der Waals surface area (Å²) >= 11 is 1.84. The second-order valence-electron chi connectivity index (χ2n) is 9.81. The Morgan fingerprint density at radius 1 is 0.833 bits per heavy atom. The minimum absolute atomic E-state index is 0.0935. The molecule has 4 atom stereocenters. The van der Waals surface area contributed by atoms with Gasteiger partial charge in [-0.05, 0) is 36.5 Å². The highest BCUT2D eigenvalue weighted by molar-refractivity contribution is 7.99. The third kappa shape index (κ3) is 16.6. The van der Waals surface area contributed by atoms with E-state index in [0.29, 0.717) is 6.42 Å². The number of ether oxygens (including phenoxy) is 2. The highest BCUT2D eigenvalue weighted by atomic mass is 32.2. The van der Waals surface area contributed by atoms with E-state index >= 15 is 0 Å². The van der Waals surface area contributed by atoms with Crippen LogP contribution in [0.15, 0.2) is 0 Å². The highest BCUT2D eigenvalue weighted by Crippen LogP contribution is 2.42. The van der Waals surface area contributed by atoms with Gasteiger partial charge in [0.15, 0.2) is 0 Å². The van der Waals surface area contributed by atoms with Crippen LogP contribution in [0.2, 0.25) is 0 Å². The van der Waals surface area contributed by atoms with Crippen LogP contribution in [0.25, 0.3) is 0 Å². The summed E-state index contributed by atoms with van der Waals surface area (Å²) in [5.41, 5.74) is -2.59. The molecule has 0 saturated carbocycles. The molecule has 0 spiro atoms. The Morgan fingerprint density at radius 3 is 1.83 bits per heavy atom. The molecule has 0 bridgehead atoms. The Labute approximate surface area is 227 Å². The van der Waals surface area contributed by atoms with Gasteiger partial charge < -0.3 is 9.84 Å². The van der Waals surface area contributed by atoms with Crippen LogP contribution in [-0.4, -0.2) is 47.4 Å². The molecule has 0 rings (SSSR count). The number of rotatable bonds is 26. The number of carbonyl (C=O) groups is 1. The van der Waals surface area contributed by atoms with Gasteiger partial charge in [-0.1, -0.05) is 111 Å². The molecule has 0 aliphatic heterocycles. The zero-order valence-electron chi connectivity index (χ0n) is 23.9. The molecule has 0 aliphatic carbocycles. The van der Waals surface area contributed by atoms with Crippen molar-refractivity contribution < 1.29 is 28.5 Å². The minimum Gasteiger partial charge on any atom is -0.461 e. The fourth-order valence-corrected chi connectivity index (χ4v) is 6.47. The second-order valence-corrected chi connectivity index (χ2v) is 12.5. The monoisotopic (exact) mass is 551 g/mol. The fourth-order valence-electron chi connectivity index (χ4n) is 4.12. The summed E-state index contributed by atoms with van der Waals surface area (Å²) in [6.07, 6.45) is 19.9. The Bertz CT molecular complexity index is 550. The lowest BCUT2D eigenvalue weighted by Gasteiger charge is -2.26. The van der Waals surface area contributed by atoms with Crippen LogP contribution in [0.1, 0.15) is 137 Å². The third-order valence-electron chi connectivity index (χ3n) is 6.41. The summed E-state index contributed by atoms with van der Waals surface area (Å²) in [5, 5.41) is 11.0. The summed E-state index contributed by atoms with van der Waals surface area (Å²) in [6.45, 7) is 8.36. The molecule has 0 saturated heterocycles. The lowest BCUT2D eigenvalue weighted by molar-refractivity contribution is -0.206. The molecule has 36 heavy (non-hydrogen) atoms. The predicted octanol–water partition coefficient (Wildman–Crippen LogP) is 8.76. The van der Waals surface area contributed by atoms with Gasteiger partial charge in [-0.2, -0.15) is 11.8 Å². The molecule has 0 aromatic carbocycles. The average Bonchev–Trinajstić information content (AvgIpc) is 2.88. The minimum atomic E-state index is -2.79. The predicted molar refractivity (Wildman–Crippen MR) is 153 cm³/mol. The zero-order valence-corrected chi connectivity index (χ0v) is 25.6. The molecule has 0 fully saturated rings. The molecule has 0 aromatic heterocycles. The van der Waals surface area contributed by atoms with E-state index < -0.39 is 25.6 Å². The molecule has 0 aromatic rings. The van der Waals surface area contributed by atoms with Gasteiger partial charge in [0.25, 0.3) is 0 Å². The molecule has 0 heterocycles. The van der Waals surface area contributed by atoms with Crippen LogP contribution < -0.4 is 0 Å². The van der Waals surface area contributed by atoms with E-state index in [4.69, 9.17) is 14.0 Å². The molecule has 4 unspecified atom stereocenters. The summed E-state index contributed by atoms with van der Waals surface area (Å²) in [4.78, 5) is 12.3. The van der Waals surface area contributed by atoms with Gasteiger partial charge >= 0.3 is 19.5 Å². The van der Waals surface area contributed by atoms with Crippen molar-refractivity contribution >= 4 is 25.8 Å². The zero-order chi connectivity index (χ0) is 27.1. The largest absolute Gasteiger partial charge is 0.589 e. The van der Waals surface area contributed by atoms with E-state index in [0.717, 1.165) is 32.1 Å². The van der Waals surface area contributed by atoms with E-state index in [9.17, 15) is 14.5 Å². The van der Waals surface area contributed by atoms with E-state index in [1.807, 2.05) is 25.6 Å². The molecule has 8 heteroatoms. The molecule has 214 valence electrons. The van der Waals surface area contributed by atoms with E-state index in [1.54, 1.807) is 0 Å². The number of unbranched alkanes of at least 4 members (excludes halogenated alkanes) is 13. The van der Waals surface area contributed by atoms with Crippen molar-refractivity contribution in [1.29, 1.82) is 0 Å². The van der Waals surface area contributed by atoms with Crippen LogP contribution in [0.5, 0.6) is 0 Å². The van der Waals surface area contributed by atoms with E-state index in [1.165, 1.54) is 83.5 Å². The summed E-state index contributed by atoms with van der Waals surface area (Å²) in [5.74, 6) is -0.0619. The van der Waals surface area contributed by atoms with Gasteiger partial charge in [-0.25, -0.2) is 4.79 Å². The van der Waals surface area contributed by atoms with Crippen molar-refractivity contribution in [3.05, 3.63) is 0 Å². The maximum absolute atomic E-state index is 12.6. The van der Waals surface area contributed by atoms with E-state index in [-0.39, 0.29) is 11.9 Å². The van der Waals surface area contributed by atoms with Crippen molar-refractivity contribution in [3.63, 3.8) is 0 Å². The normalized spacial score (nSPS) is 15.3. The first kappa shape index (κ1) is 35.8. The maximum atomic E-state index is 12.6. The van der Waals surface area contributed by atoms with Crippen molar-refractivity contribution in [3.8, 4) is 0 Å². The Morgan fingerprint density at radius 2 is 1.33 bits per heavy atom. The van der Waals surface area contributed by atoms with Crippen LogP contribution in [-0.2, 0) is 23.4 Å². The molecular formula is C28H56O6PS+. The van der Waals surface area contributed by atoms with Gasteiger partial charge in [0.2, 0.25) is 0 Å². The Hall–Kier alpha value is -0.200. The maximum Gasteiger partial charge on any atom is 0.589 e. The van der Waals surface area contributed by atoms with Gasteiger partial charge in [0.05, 0.1) is 13.2 Å². The van der Waals surface area contributed by atoms with Crippen LogP contribution >= 0.6 is 19.8 Å². The quantitative estimate of drug-likeness (QED) is 0.0498. The van der Waals surface area contributed by atoms with Gasteiger partial charge in [-0.3, -0.25) is 4.74 Å². The Kier molecular flexibility index (Phi) is 23.8. The first-order valence-corrected chi connectivity index (χ1v) is 16.8. The number of methoxy groups -OCH3 is 1. The number of thioether (sulfide) groups is 1. The lowest BCUT2D eigenvalue weighted by Crippen LogP contribution is -2.44. The molecule has 0 aliphatic rings. The van der Waals surface area contributed by atoms with Crippen molar-refractivity contribution in [1.82, 2.24) is 0 Å². The van der Waals surface area contributed by atoms with Gasteiger partial charge in [-0.15, -0.1) is 4.52 Å². The molecule has 0 amide bonds. The lowest BCUT2D eigenvalue weighted by atomic mass is 10.1. The molecule has 6 nitrogen and oxygen atoms in total. The number of esters is 1. The van der Waals surface area contributed by atoms with Crippen molar-refractivity contribution in [2.24, 2.45) is 0 Å². The van der Waals surface area contributed by atoms with Crippen LogP contribution in [0, 0.1) is 0 Å². The second kappa shape index (κ2) is 23.9. The molecular weight excluding hydrogens is 495 g/mol. The number of carbonyl (C=O) groups excluding carboxylic acids is 1. The average molecular weight is 552 g/mol. The number of hydrogen-bond donors (Lipinski definition) is 1. The summed E-state index contributed by atoms with van der Waals surface area (Å²) in [6, 6.07) is 0. The standard InChI is InChI=1S/C28H56O6PS/c1-6-9-11-13-15-17-19-21-24-36-26(22-20-18-16-14-12-10-7-2)25(4)34-28(30,27(29)32-5)35(31)33-23-8-3/h25-26,30H,6-24H2,1-5H3/q+1. The van der Waals surface area contributed by atoms with Gasteiger partial charge in [0, 0.05) is 5.25 Å². The van der Waals surface area contributed by atoms with E-state index in [2.05, 4.69) is 13.8 Å². The molecule has 1 N–H and O–H groups in total. The first-order valence-electron chi connectivity index (χ1n) is 14.6. The van der Waals surface area contributed by atoms with Crippen molar-refractivity contribution in [2.45, 2.75) is 154 Å². The fraction of sp³-hybridized carbons (Fsp3) is 0.964. The summed E-state index contributed by atoms with van der Waals surface area (Å²) < 4.78 is 28.4. The summed E-state index contributed by atoms with van der Waals surface area (Å²) in [7, 11) is -1.64. The van der Waals surface area contributed by atoms with Gasteiger partial charge in [0.1, 0.15) is 6.61 Å².